The van der Waals surface area contributed by atoms with Crippen molar-refractivity contribution in [2.75, 3.05) is 0 Å². The standard InChI is InChI=1S/C13H16O3/c1-9(14)7-10(2)16-13-6-4-5-12(8-13)11(3)15/h4-6,8,10H,7H2,1-3H3. The lowest BCUT2D eigenvalue weighted by Gasteiger charge is -2.13. The zero-order chi connectivity index (χ0) is 12.1. The van der Waals surface area contributed by atoms with Crippen LogP contribution in [0.25, 0.3) is 0 Å². The number of ether oxygens (including phenoxy) is 1. The molecular weight excluding hydrogens is 204 g/mol. The molecule has 3 nitrogen and oxygen atoms in total. The van der Waals surface area contributed by atoms with Crippen LogP contribution in [0.15, 0.2) is 24.3 Å². The molecular formula is C13H16O3. The Kier molecular flexibility index (Phi) is 4.23. The number of benzene rings is 1. The van der Waals surface area contributed by atoms with Gasteiger partial charge in [-0.1, -0.05) is 12.1 Å². The van der Waals surface area contributed by atoms with E-state index in [0.717, 1.165) is 0 Å². The Morgan fingerprint density at radius 3 is 2.56 bits per heavy atom. The van der Waals surface area contributed by atoms with Gasteiger partial charge in [0.25, 0.3) is 0 Å². The van der Waals surface area contributed by atoms with Crippen molar-refractivity contribution in [3.63, 3.8) is 0 Å². The molecule has 1 rings (SSSR count). The maximum Gasteiger partial charge on any atom is 0.159 e. The third kappa shape index (κ3) is 3.85. The summed E-state index contributed by atoms with van der Waals surface area (Å²) in [6.45, 7) is 4.88. The number of hydrogen-bond donors (Lipinski definition) is 0. The summed E-state index contributed by atoms with van der Waals surface area (Å²) in [7, 11) is 0. The lowest BCUT2D eigenvalue weighted by molar-refractivity contribution is -0.118. The molecule has 16 heavy (non-hydrogen) atoms. The van der Waals surface area contributed by atoms with Crippen LogP contribution in [0.3, 0.4) is 0 Å². The van der Waals surface area contributed by atoms with E-state index < -0.39 is 0 Å². The Bertz CT molecular complexity index is 396. The van der Waals surface area contributed by atoms with Crippen molar-refractivity contribution in [2.45, 2.75) is 33.3 Å². The van der Waals surface area contributed by atoms with Crippen molar-refractivity contribution in [1.29, 1.82) is 0 Å². The van der Waals surface area contributed by atoms with Crippen LogP contribution < -0.4 is 4.74 Å². The second-order valence-electron chi connectivity index (χ2n) is 3.92. The fraction of sp³-hybridized carbons (Fsp3) is 0.385. The average molecular weight is 220 g/mol. The maximum atomic E-state index is 11.2. The van der Waals surface area contributed by atoms with Crippen molar-refractivity contribution in [1.82, 2.24) is 0 Å². The van der Waals surface area contributed by atoms with E-state index in [2.05, 4.69) is 0 Å². The minimum atomic E-state index is -0.167. The molecule has 1 aromatic carbocycles. The minimum absolute atomic E-state index is 0.00432. The van der Waals surface area contributed by atoms with E-state index in [0.29, 0.717) is 17.7 Å². The van der Waals surface area contributed by atoms with E-state index in [4.69, 9.17) is 4.74 Å². The predicted molar refractivity (Wildman–Crippen MR) is 61.8 cm³/mol. The number of carbonyl (C=O) groups excluding carboxylic acids is 2. The van der Waals surface area contributed by atoms with E-state index in [-0.39, 0.29) is 17.7 Å². The van der Waals surface area contributed by atoms with E-state index in [1.807, 2.05) is 6.92 Å². The molecule has 1 aromatic rings. The highest BCUT2D eigenvalue weighted by Gasteiger charge is 2.08. The fourth-order valence-electron chi connectivity index (χ4n) is 1.47. The zero-order valence-electron chi connectivity index (χ0n) is 9.82. The third-order valence-electron chi connectivity index (χ3n) is 2.15. The first-order valence-electron chi connectivity index (χ1n) is 5.26. The van der Waals surface area contributed by atoms with Crippen LogP contribution in [0.1, 0.15) is 37.6 Å². The molecule has 0 aliphatic carbocycles. The number of hydrogen-bond acceptors (Lipinski definition) is 3. The number of carbonyl (C=O) groups is 2. The van der Waals surface area contributed by atoms with Gasteiger partial charge in [-0.15, -0.1) is 0 Å². The van der Waals surface area contributed by atoms with Gasteiger partial charge in [0.2, 0.25) is 0 Å². The van der Waals surface area contributed by atoms with Crippen molar-refractivity contribution in [3.8, 4) is 5.75 Å². The Labute approximate surface area is 95.4 Å². The van der Waals surface area contributed by atoms with Crippen LogP contribution >= 0.6 is 0 Å². The third-order valence-corrected chi connectivity index (χ3v) is 2.15. The van der Waals surface area contributed by atoms with Crippen LogP contribution in [-0.4, -0.2) is 17.7 Å². The van der Waals surface area contributed by atoms with E-state index in [9.17, 15) is 9.59 Å². The molecule has 3 heteroatoms. The first-order valence-corrected chi connectivity index (χ1v) is 5.26. The molecule has 0 saturated carbocycles. The first-order chi connectivity index (χ1) is 7.49. The van der Waals surface area contributed by atoms with Gasteiger partial charge in [-0.25, -0.2) is 0 Å². The molecule has 0 saturated heterocycles. The second-order valence-corrected chi connectivity index (χ2v) is 3.92. The van der Waals surface area contributed by atoms with Gasteiger partial charge < -0.3 is 4.74 Å². The molecule has 0 aliphatic rings. The topological polar surface area (TPSA) is 43.4 Å². The maximum absolute atomic E-state index is 11.2. The van der Waals surface area contributed by atoms with Crippen LogP contribution in [0.4, 0.5) is 0 Å². The van der Waals surface area contributed by atoms with Gasteiger partial charge >= 0.3 is 0 Å². The molecule has 0 aromatic heterocycles. The molecule has 0 heterocycles. The van der Waals surface area contributed by atoms with Gasteiger partial charge in [0.1, 0.15) is 17.6 Å². The SMILES string of the molecule is CC(=O)CC(C)Oc1cccc(C(C)=O)c1. The Morgan fingerprint density at radius 1 is 1.31 bits per heavy atom. The van der Waals surface area contributed by atoms with E-state index in [1.54, 1.807) is 24.3 Å². The van der Waals surface area contributed by atoms with Gasteiger partial charge in [0.15, 0.2) is 5.78 Å². The molecule has 1 unspecified atom stereocenters. The summed E-state index contributed by atoms with van der Waals surface area (Å²) in [5.41, 5.74) is 0.618. The van der Waals surface area contributed by atoms with Crippen molar-refractivity contribution in [3.05, 3.63) is 29.8 Å². The van der Waals surface area contributed by atoms with Gasteiger partial charge in [-0.2, -0.15) is 0 Å². The highest BCUT2D eigenvalue weighted by atomic mass is 16.5. The Hall–Kier alpha value is -1.64. The monoisotopic (exact) mass is 220 g/mol. The summed E-state index contributed by atoms with van der Waals surface area (Å²) in [6.07, 6.45) is 0.212. The highest BCUT2D eigenvalue weighted by Crippen LogP contribution is 2.16. The lowest BCUT2D eigenvalue weighted by Crippen LogP contribution is -2.15. The molecule has 0 N–H and O–H groups in total. The normalized spacial score (nSPS) is 11.9. The number of Topliss-reactive ketones (excluding diaryl/α,β-unsaturated/α-hetero) is 2. The number of rotatable bonds is 5. The van der Waals surface area contributed by atoms with E-state index in [1.165, 1.54) is 13.8 Å². The quantitative estimate of drug-likeness (QED) is 0.716. The summed E-state index contributed by atoms with van der Waals surface area (Å²) in [4.78, 5) is 22.0. The molecule has 0 amide bonds. The average Bonchev–Trinajstić information content (AvgIpc) is 2.16. The fourth-order valence-corrected chi connectivity index (χ4v) is 1.47. The zero-order valence-corrected chi connectivity index (χ0v) is 9.82. The summed E-state index contributed by atoms with van der Waals surface area (Å²) in [6, 6.07) is 6.99. The van der Waals surface area contributed by atoms with Gasteiger partial charge in [0.05, 0.1) is 0 Å². The summed E-state index contributed by atoms with van der Waals surface area (Å²) in [5, 5.41) is 0. The summed E-state index contributed by atoms with van der Waals surface area (Å²) in [5.74, 6) is 0.723. The molecule has 0 fully saturated rings. The minimum Gasteiger partial charge on any atom is -0.490 e. The van der Waals surface area contributed by atoms with Crippen LogP contribution in [0, 0.1) is 0 Å². The van der Waals surface area contributed by atoms with E-state index >= 15 is 0 Å². The molecule has 86 valence electrons. The summed E-state index contributed by atoms with van der Waals surface area (Å²) >= 11 is 0. The molecule has 0 spiro atoms. The molecule has 1 atom stereocenters. The van der Waals surface area contributed by atoms with Crippen LogP contribution in [0.2, 0.25) is 0 Å². The van der Waals surface area contributed by atoms with Crippen molar-refractivity contribution < 1.29 is 14.3 Å². The van der Waals surface area contributed by atoms with Gasteiger partial charge in [-0.3, -0.25) is 9.59 Å². The summed E-state index contributed by atoms with van der Waals surface area (Å²) < 4.78 is 5.54. The number of ketones is 2. The molecule has 0 radical (unpaired) electrons. The smallest absolute Gasteiger partial charge is 0.159 e. The lowest BCUT2D eigenvalue weighted by atomic mass is 10.1. The van der Waals surface area contributed by atoms with Crippen molar-refractivity contribution in [2.24, 2.45) is 0 Å². The predicted octanol–water partition coefficient (Wildman–Crippen LogP) is 2.64. The van der Waals surface area contributed by atoms with Crippen LogP contribution in [0.5, 0.6) is 5.75 Å². The first kappa shape index (κ1) is 12.4. The van der Waals surface area contributed by atoms with Crippen molar-refractivity contribution >= 4 is 11.6 Å². The Morgan fingerprint density at radius 2 is 2.00 bits per heavy atom. The van der Waals surface area contributed by atoms with Crippen LogP contribution in [-0.2, 0) is 4.79 Å². The largest absolute Gasteiger partial charge is 0.490 e. The Balaban J connectivity index is 2.70. The van der Waals surface area contributed by atoms with Gasteiger partial charge in [-0.05, 0) is 32.9 Å². The molecule has 0 aliphatic heterocycles. The van der Waals surface area contributed by atoms with Gasteiger partial charge in [0, 0.05) is 12.0 Å². The molecule has 0 bridgehead atoms. The second kappa shape index (κ2) is 5.45. The highest BCUT2D eigenvalue weighted by molar-refractivity contribution is 5.94.